The van der Waals surface area contributed by atoms with Crippen LogP contribution in [0.1, 0.15) is 16.7 Å². The fourth-order valence-electron chi connectivity index (χ4n) is 1.59. The number of pyridine rings is 1. The molecule has 3 nitrogen and oxygen atoms in total. The molecule has 0 radical (unpaired) electrons. The van der Waals surface area contributed by atoms with Crippen molar-refractivity contribution in [1.29, 1.82) is 5.26 Å². The standard InChI is InChI=1S/C14H12BrN3/c1-9-3-4-10(2)13(5-9)18-14-12(15)6-11(7-16)8-17-14/h3-6,8H,1-2H3,(H,17,18). The summed E-state index contributed by atoms with van der Waals surface area (Å²) in [6, 6.07) is 10.0. The Kier molecular flexibility index (Phi) is 3.63. The van der Waals surface area contributed by atoms with Gasteiger partial charge in [0.1, 0.15) is 11.9 Å². The van der Waals surface area contributed by atoms with Crippen LogP contribution in [0.5, 0.6) is 0 Å². The molecular formula is C14H12BrN3. The average Bonchev–Trinajstić information content (AvgIpc) is 2.36. The van der Waals surface area contributed by atoms with Crippen LogP contribution >= 0.6 is 15.9 Å². The Balaban J connectivity index is 2.34. The minimum Gasteiger partial charge on any atom is -0.339 e. The van der Waals surface area contributed by atoms with Gasteiger partial charge < -0.3 is 5.32 Å². The van der Waals surface area contributed by atoms with Crippen molar-refractivity contribution < 1.29 is 0 Å². The number of rotatable bonds is 2. The van der Waals surface area contributed by atoms with Gasteiger partial charge in [0.25, 0.3) is 0 Å². The second-order valence-electron chi connectivity index (χ2n) is 4.11. The molecule has 0 fully saturated rings. The lowest BCUT2D eigenvalue weighted by Crippen LogP contribution is -1.97. The molecule has 18 heavy (non-hydrogen) atoms. The summed E-state index contributed by atoms with van der Waals surface area (Å²) >= 11 is 3.41. The van der Waals surface area contributed by atoms with Gasteiger partial charge in [0.15, 0.2) is 0 Å². The second-order valence-corrected chi connectivity index (χ2v) is 4.96. The van der Waals surface area contributed by atoms with E-state index in [1.54, 1.807) is 12.3 Å². The predicted octanol–water partition coefficient (Wildman–Crippen LogP) is 4.08. The van der Waals surface area contributed by atoms with Crippen molar-refractivity contribution in [3.8, 4) is 6.07 Å². The lowest BCUT2D eigenvalue weighted by Gasteiger charge is -2.11. The van der Waals surface area contributed by atoms with Crippen LogP contribution in [-0.4, -0.2) is 4.98 Å². The Morgan fingerprint density at radius 1 is 1.28 bits per heavy atom. The average molecular weight is 302 g/mol. The van der Waals surface area contributed by atoms with E-state index in [2.05, 4.69) is 50.5 Å². The van der Waals surface area contributed by atoms with Gasteiger partial charge in [-0.1, -0.05) is 12.1 Å². The minimum absolute atomic E-state index is 0.536. The molecule has 0 spiro atoms. The maximum Gasteiger partial charge on any atom is 0.144 e. The summed E-state index contributed by atoms with van der Waals surface area (Å²) in [7, 11) is 0. The van der Waals surface area contributed by atoms with Gasteiger partial charge in [0, 0.05) is 11.9 Å². The van der Waals surface area contributed by atoms with Crippen molar-refractivity contribution >= 4 is 27.4 Å². The molecule has 2 aromatic rings. The summed E-state index contributed by atoms with van der Waals surface area (Å²) in [4.78, 5) is 4.23. The van der Waals surface area contributed by atoms with Crippen molar-refractivity contribution in [2.75, 3.05) is 5.32 Å². The first-order valence-electron chi connectivity index (χ1n) is 5.50. The third-order valence-corrected chi connectivity index (χ3v) is 3.22. The molecule has 90 valence electrons. The monoisotopic (exact) mass is 301 g/mol. The fourth-order valence-corrected chi connectivity index (χ4v) is 2.04. The molecule has 1 heterocycles. The van der Waals surface area contributed by atoms with Gasteiger partial charge in [-0.15, -0.1) is 0 Å². The van der Waals surface area contributed by atoms with Crippen LogP contribution in [0.25, 0.3) is 0 Å². The molecule has 0 aliphatic carbocycles. The third-order valence-electron chi connectivity index (χ3n) is 2.62. The van der Waals surface area contributed by atoms with Crippen molar-refractivity contribution in [3.63, 3.8) is 0 Å². The lowest BCUT2D eigenvalue weighted by atomic mass is 10.1. The molecule has 0 unspecified atom stereocenters. The van der Waals surface area contributed by atoms with Crippen LogP contribution in [0, 0.1) is 25.2 Å². The Labute approximate surface area is 115 Å². The van der Waals surface area contributed by atoms with Gasteiger partial charge >= 0.3 is 0 Å². The third kappa shape index (κ3) is 2.69. The number of nitriles is 1. The van der Waals surface area contributed by atoms with E-state index in [0.717, 1.165) is 15.7 Å². The highest BCUT2D eigenvalue weighted by Gasteiger charge is 2.05. The van der Waals surface area contributed by atoms with Crippen LogP contribution in [0.2, 0.25) is 0 Å². The van der Waals surface area contributed by atoms with E-state index in [1.165, 1.54) is 5.56 Å². The number of hydrogen-bond acceptors (Lipinski definition) is 3. The molecule has 0 saturated heterocycles. The summed E-state index contributed by atoms with van der Waals surface area (Å²) < 4.78 is 0.780. The van der Waals surface area contributed by atoms with E-state index in [4.69, 9.17) is 5.26 Å². The first-order valence-corrected chi connectivity index (χ1v) is 6.29. The minimum atomic E-state index is 0.536. The van der Waals surface area contributed by atoms with E-state index in [0.29, 0.717) is 11.4 Å². The van der Waals surface area contributed by atoms with Gasteiger partial charge in [0.05, 0.1) is 10.0 Å². The molecule has 0 amide bonds. The van der Waals surface area contributed by atoms with Crippen LogP contribution in [0.3, 0.4) is 0 Å². The number of aryl methyl sites for hydroxylation is 2. The van der Waals surface area contributed by atoms with Crippen molar-refractivity contribution in [3.05, 3.63) is 51.6 Å². The quantitative estimate of drug-likeness (QED) is 0.909. The molecule has 1 N–H and O–H groups in total. The molecule has 0 atom stereocenters. The molecule has 0 aliphatic rings. The van der Waals surface area contributed by atoms with E-state index < -0.39 is 0 Å². The van der Waals surface area contributed by atoms with Gasteiger partial charge in [-0.3, -0.25) is 0 Å². The molecule has 0 saturated carbocycles. The fraction of sp³-hybridized carbons (Fsp3) is 0.143. The summed E-state index contributed by atoms with van der Waals surface area (Å²) in [6.07, 6.45) is 1.55. The molecule has 0 aliphatic heterocycles. The maximum atomic E-state index is 8.79. The zero-order chi connectivity index (χ0) is 13.1. The number of nitrogens with zero attached hydrogens (tertiary/aromatic N) is 2. The van der Waals surface area contributed by atoms with Crippen molar-refractivity contribution in [1.82, 2.24) is 4.98 Å². The van der Waals surface area contributed by atoms with Gasteiger partial charge in [0.2, 0.25) is 0 Å². The van der Waals surface area contributed by atoms with Crippen LogP contribution in [0.4, 0.5) is 11.5 Å². The highest BCUT2D eigenvalue weighted by Crippen LogP contribution is 2.26. The first kappa shape index (κ1) is 12.6. The van der Waals surface area contributed by atoms with Gasteiger partial charge in [-0.2, -0.15) is 5.26 Å². The van der Waals surface area contributed by atoms with E-state index in [9.17, 15) is 0 Å². The van der Waals surface area contributed by atoms with Crippen LogP contribution in [-0.2, 0) is 0 Å². The molecule has 1 aromatic carbocycles. The summed E-state index contributed by atoms with van der Waals surface area (Å²) in [5.41, 5.74) is 3.90. The molecule has 1 aromatic heterocycles. The highest BCUT2D eigenvalue weighted by molar-refractivity contribution is 9.10. The number of hydrogen-bond donors (Lipinski definition) is 1. The van der Waals surface area contributed by atoms with E-state index >= 15 is 0 Å². The number of aromatic nitrogens is 1. The van der Waals surface area contributed by atoms with Crippen molar-refractivity contribution in [2.45, 2.75) is 13.8 Å². The molecular weight excluding hydrogens is 290 g/mol. The predicted molar refractivity (Wildman–Crippen MR) is 75.9 cm³/mol. The Bertz CT molecular complexity index is 629. The maximum absolute atomic E-state index is 8.79. The van der Waals surface area contributed by atoms with Gasteiger partial charge in [-0.05, 0) is 53.0 Å². The summed E-state index contributed by atoms with van der Waals surface area (Å²) in [5, 5.41) is 12.1. The largest absolute Gasteiger partial charge is 0.339 e. The van der Waals surface area contributed by atoms with E-state index in [-0.39, 0.29) is 0 Å². The van der Waals surface area contributed by atoms with E-state index in [1.807, 2.05) is 13.8 Å². The number of halogens is 1. The highest BCUT2D eigenvalue weighted by atomic mass is 79.9. The zero-order valence-corrected chi connectivity index (χ0v) is 11.7. The number of anilines is 2. The molecule has 4 heteroatoms. The Morgan fingerprint density at radius 2 is 2.06 bits per heavy atom. The first-order chi connectivity index (χ1) is 8.60. The van der Waals surface area contributed by atoms with Crippen LogP contribution < -0.4 is 5.32 Å². The summed E-state index contributed by atoms with van der Waals surface area (Å²) in [5.74, 6) is 0.711. The lowest BCUT2D eigenvalue weighted by molar-refractivity contribution is 1.26. The molecule has 0 bridgehead atoms. The SMILES string of the molecule is Cc1ccc(C)c(Nc2ncc(C#N)cc2Br)c1. The van der Waals surface area contributed by atoms with Crippen LogP contribution in [0.15, 0.2) is 34.9 Å². The van der Waals surface area contributed by atoms with Crippen molar-refractivity contribution in [2.24, 2.45) is 0 Å². The zero-order valence-electron chi connectivity index (χ0n) is 10.2. The normalized spacial score (nSPS) is 9.89. The Morgan fingerprint density at radius 3 is 2.72 bits per heavy atom. The smallest absolute Gasteiger partial charge is 0.144 e. The number of nitrogens with one attached hydrogen (secondary N) is 1. The van der Waals surface area contributed by atoms with Gasteiger partial charge in [-0.25, -0.2) is 4.98 Å². The Hall–Kier alpha value is -1.86. The second kappa shape index (κ2) is 5.19. The molecule has 2 rings (SSSR count). The summed E-state index contributed by atoms with van der Waals surface area (Å²) in [6.45, 7) is 4.09. The topological polar surface area (TPSA) is 48.7 Å². The number of benzene rings is 1.